The van der Waals surface area contributed by atoms with Crippen molar-refractivity contribution < 1.29 is 4.79 Å². The number of aromatic nitrogens is 3. The molecule has 7 heteroatoms. The molecule has 0 atom stereocenters. The molecule has 19 heavy (non-hydrogen) atoms. The van der Waals surface area contributed by atoms with E-state index in [4.69, 9.17) is 0 Å². The van der Waals surface area contributed by atoms with Gasteiger partial charge in [-0.05, 0) is 19.1 Å². The first-order valence-corrected chi connectivity index (χ1v) is 6.66. The maximum absolute atomic E-state index is 12.1. The SMILES string of the molecule is CNc1ccc(C(=O)N(C)Cc2csc(C)n2)nn1. The van der Waals surface area contributed by atoms with Crippen LogP contribution in [0.3, 0.4) is 0 Å². The molecule has 1 amide bonds. The third-order valence-corrected chi connectivity index (χ3v) is 3.37. The van der Waals surface area contributed by atoms with Gasteiger partial charge in [0.1, 0.15) is 5.82 Å². The fourth-order valence-electron chi connectivity index (χ4n) is 1.57. The van der Waals surface area contributed by atoms with Gasteiger partial charge >= 0.3 is 0 Å². The van der Waals surface area contributed by atoms with Crippen molar-refractivity contribution in [2.24, 2.45) is 0 Å². The van der Waals surface area contributed by atoms with Crippen molar-refractivity contribution >= 4 is 23.1 Å². The van der Waals surface area contributed by atoms with Gasteiger partial charge in [0.2, 0.25) is 0 Å². The standard InChI is InChI=1S/C12H15N5OS/c1-8-14-9(7-19-8)6-17(3)12(18)10-4-5-11(13-2)16-15-10/h4-5,7H,6H2,1-3H3,(H,13,16). The molecule has 2 aromatic heterocycles. The molecule has 2 rings (SSSR count). The Balaban J connectivity index is 2.05. The van der Waals surface area contributed by atoms with Crippen molar-refractivity contribution in [2.45, 2.75) is 13.5 Å². The molecule has 0 aromatic carbocycles. The van der Waals surface area contributed by atoms with Gasteiger partial charge in [0.15, 0.2) is 5.69 Å². The molecule has 100 valence electrons. The highest BCUT2D eigenvalue weighted by Crippen LogP contribution is 2.11. The van der Waals surface area contributed by atoms with E-state index in [1.165, 1.54) is 0 Å². The van der Waals surface area contributed by atoms with Crippen LogP contribution in [0.2, 0.25) is 0 Å². The zero-order valence-electron chi connectivity index (χ0n) is 11.0. The van der Waals surface area contributed by atoms with Crippen LogP contribution in [0.1, 0.15) is 21.2 Å². The maximum Gasteiger partial charge on any atom is 0.274 e. The number of hydrogen-bond acceptors (Lipinski definition) is 6. The number of nitrogens with one attached hydrogen (secondary N) is 1. The van der Waals surface area contributed by atoms with E-state index < -0.39 is 0 Å². The number of aryl methyl sites for hydroxylation is 1. The van der Waals surface area contributed by atoms with Crippen LogP contribution >= 0.6 is 11.3 Å². The highest BCUT2D eigenvalue weighted by Gasteiger charge is 2.15. The Morgan fingerprint density at radius 2 is 2.21 bits per heavy atom. The lowest BCUT2D eigenvalue weighted by molar-refractivity contribution is 0.0776. The van der Waals surface area contributed by atoms with E-state index in [2.05, 4.69) is 20.5 Å². The summed E-state index contributed by atoms with van der Waals surface area (Å²) in [5.74, 6) is 0.468. The number of carbonyl (C=O) groups is 1. The highest BCUT2D eigenvalue weighted by atomic mass is 32.1. The van der Waals surface area contributed by atoms with Gasteiger partial charge < -0.3 is 10.2 Å². The Bertz CT molecular complexity index is 566. The number of thiazole rings is 1. The average molecular weight is 277 g/mol. The van der Waals surface area contributed by atoms with E-state index in [1.807, 2.05) is 12.3 Å². The van der Waals surface area contributed by atoms with E-state index in [1.54, 1.807) is 42.5 Å². The quantitative estimate of drug-likeness (QED) is 0.918. The van der Waals surface area contributed by atoms with Crippen LogP contribution in [-0.2, 0) is 6.54 Å². The molecule has 6 nitrogen and oxygen atoms in total. The van der Waals surface area contributed by atoms with Gasteiger partial charge in [0.05, 0.1) is 17.2 Å². The van der Waals surface area contributed by atoms with Gasteiger partial charge in [-0.15, -0.1) is 21.5 Å². The summed E-state index contributed by atoms with van der Waals surface area (Å²) in [6.07, 6.45) is 0. The summed E-state index contributed by atoms with van der Waals surface area (Å²) >= 11 is 1.57. The Kier molecular flexibility index (Phi) is 4.06. The van der Waals surface area contributed by atoms with E-state index in [9.17, 15) is 4.79 Å². The molecule has 0 aliphatic carbocycles. The summed E-state index contributed by atoms with van der Waals surface area (Å²) in [6, 6.07) is 3.38. The van der Waals surface area contributed by atoms with Crippen LogP contribution in [0.5, 0.6) is 0 Å². The molecule has 0 bridgehead atoms. The Morgan fingerprint density at radius 1 is 1.42 bits per heavy atom. The van der Waals surface area contributed by atoms with Crippen LogP contribution in [0, 0.1) is 6.92 Å². The van der Waals surface area contributed by atoms with Crippen LogP contribution in [0.15, 0.2) is 17.5 Å². The van der Waals surface area contributed by atoms with Crippen molar-refractivity contribution in [3.8, 4) is 0 Å². The third kappa shape index (κ3) is 3.25. The number of anilines is 1. The number of amides is 1. The molecule has 0 fully saturated rings. The molecular weight excluding hydrogens is 262 g/mol. The highest BCUT2D eigenvalue weighted by molar-refractivity contribution is 7.09. The van der Waals surface area contributed by atoms with E-state index in [0.717, 1.165) is 10.7 Å². The number of carbonyl (C=O) groups excluding carboxylic acids is 1. The van der Waals surface area contributed by atoms with Crippen molar-refractivity contribution in [3.63, 3.8) is 0 Å². The fourth-order valence-corrected chi connectivity index (χ4v) is 2.17. The summed E-state index contributed by atoms with van der Waals surface area (Å²) in [5.41, 5.74) is 1.21. The lowest BCUT2D eigenvalue weighted by Gasteiger charge is -2.14. The van der Waals surface area contributed by atoms with E-state index >= 15 is 0 Å². The minimum absolute atomic E-state index is 0.166. The molecule has 0 saturated heterocycles. The topological polar surface area (TPSA) is 71.0 Å². The van der Waals surface area contributed by atoms with Crippen molar-refractivity contribution in [1.82, 2.24) is 20.1 Å². The van der Waals surface area contributed by atoms with Crippen LogP contribution < -0.4 is 5.32 Å². The summed E-state index contributed by atoms with van der Waals surface area (Å²) in [6.45, 7) is 2.41. The molecule has 1 N–H and O–H groups in total. The predicted molar refractivity (Wildman–Crippen MR) is 74.2 cm³/mol. The second kappa shape index (κ2) is 5.75. The first-order valence-electron chi connectivity index (χ1n) is 5.78. The number of nitrogens with zero attached hydrogens (tertiary/aromatic N) is 4. The van der Waals surface area contributed by atoms with Crippen molar-refractivity contribution in [3.05, 3.63) is 33.9 Å². The average Bonchev–Trinajstić information content (AvgIpc) is 2.83. The molecule has 0 unspecified atom stereocenters. The predicted octanol–water partition coefficient (Wildman–Crippen LogP) is 1.56. The van der Waals surface area contributed by atoms with Gasteiger partial charge in [0, 0.05) is 19.5 Å². The lowest BCUT2D eigenvalue weighted by atomic mass is 10.3. The monoisotopic (exact) mass is 277 g/mol. The summed E-state index contributed by atoms with van der Waals surface area (Å²) in [7, 11) is 3.48. The Labute approximate surface area is 115 Å². The van der Waals surface area contributed by atoms with E-state index in [0.29, 0.717) is 18.1 Å². The normalized spacial score (nSPS) is 10.3. The Morgan fingerprint density at radius 3 is 2.74 bits per heavy atom. The molecular formula is C12H15N5OS. The number of rotatable bonds is 4. The zero-order valence-corrected chi connectivity index (χ0v) is 11.9. The van der Waals surface area contributed by atoms with Gasteiger partial charge in [-0.1, -0.05) is 0 Å². The largest absolute Gasteiger partial charge is 0.372 e. The van der Waals surface area contributed by atoms with Crippen LogP contribution in [0.25, 0.3) is 0 Å². The zero-order chi connectivity index (χ0) is 13.8. The maximum atomic E-state index is 12.1. The van der Waals surface area contributed by atoms with Gasteiger partial charge in [-0.2, -0.15) is 0 Å². The Hall–Kier alpha value is -2.02. The van der Waals surface area contributed by atoms with Crippen LogP contribution in [0.4, 0.5) is 5.82 Å². The molecule has 0 spiro atoms. The first kappa shape index (κ1) is 13.4. The summed E-state index contributed by atoms with van der Waals surface area (Å²) < 4.78 is 0. The van der Waals surface area contributed by atoms with Crippen molar-refractivity contribution in [1.29, 1.82) is 0 Å². The third-order valence-electron chi connectivity index (χ3n) is 2.55. The molecule has 2 heterocycles. The fraction of sp³-hybridized carbons (Fsp3) is 0.333. The molecule has 2 aromatic rings. The minimum atomic E-state index is -0.166. The molecule has 0 saturated carbocycles. The summed E-state index contributed by atoms with van der Waals surface area (Å²) in [5, 5.41) is 13.6. The molecule has 0 aliphatic rings. The molecule has 0 radical (unpaired) electrons. The van der Waals surface area contributed by atoms with Crippen molar-refractivity contribution in [2.75, 3.05) is 19.4 Å². The summed E-state index contributed by atoms with van der Waals surface area (Å²) in [4.78, 5) is 18.0. The number of hydrogen-bond donors (Lipinski definition) is 1. The molecule has 0 aliphatic heterocycles. The van der Waals surface area contributed by atoms with E-state index in [-0.39, 0.29) is 5.91 Å². The second-order valence-electron chi connectivity index (χ2n) is 4.07. The second-order valence-corrected chi connectivity index (χ2v) is 5.14. The smallest absolute Gasteiger partial charge is 0.274 e. The van der Waals surface area contributed by atoms with Gasteiger partial charge in [-0.3, -0.25) is 4.79 Å². The lowest BCUT2D eigenvalue weighted by Crippen LogP contribution is -2.27. The van der Waals surface area contributed by atoms with Gasteiger partial charge in [-0.25, -0.2) is 4.98 Å². The minimum Gasteiger partial charge on any atom is -0.372 e. The first-order chi connectivity index (χ1) is 9.10. The van der Waals surface area contributed by atoms with Crippen LogP contribution in [-0.4, -0.2) is 40.1 Å². The van der Waals surface area contributed by atoms with Gasteiger partial charge in [0.25, 0.3) is 5.91 Å².